The fourth-order valence-corrected chi connectivity index (χ4v) is 6.19. The second-order valence-electron chi connectivity index (χ2n) is 8.45. The average molecular weight is 329 g/mol. The number of hydrogen-bond donors (Lipinski definition) is 1. The summed E-state index contributed by atoms with van der Waals surface area (Å²) >= 11 is 0. The monoisotopic (exact) mass is 329 g/mol. The van der Waals surface area contributed by atoms with Gasteiger partial charge in [0.1, 0.15) is 0 Å². The molecule has 24 heavy (non-hydrogen) atoms. The van der Waals surface area contributed by atoms with Crippen molar-refractivity contribution >= 4 is 11.7 Å². The van der Waals surface area contributed by atoms with Crippen molar-refractivity contribution in [3.8, 4) is 0 Å². The molecule has 5 rings (SSSR count). The van der Waals surface area contributed by atoms with Crippen molar-refractivity contribution in [1.82, 2.24) is 15.1 Å². The predicted molar refractivity (Wildman–Crippen MR) is 90.4 cm³/mol. The van der Waals surface area contributed by atoms with Gasteiger partial charge < -0.3 is 5.32 Å². The second kappa shape index (κ2) is 5.71. The minimum Gasteiger partial charge on any atom is -0.346 e. The number of Topliss-reactive ketones (excluding diaryl/α,β-unsaturated/α-hetero) is 1. The molecule has 4 fully saturated rings. The van der Waals surface area contributed by atoms with Crippen molar-refractivity contribution in [2.75, 3.05) is 0 Å². The molecule has 0 radical (unpaired) electrons. The number of nitrogens with zero attached hydrogens (tertiary/aromatic N) is 2. The van der Waals surface area contributed by atoms with Gasteiger partial charge in [-0.05, 0) is 68.1 Å². The van der Waals surface area contributed by atoms with Crippen LogP contribution in [0.25, 0.3) is 0 Å². The number of carbonyl (C=O) groups is 2. The van der Waals surface area contributed by atoms with Gasteiger partial charge in [0, 0.05) is 19.3 Å². The van der Waals surface area contributed by atoms with Gasteiger partial charge in [0.25, 0.3) is 11.7 Å². The maximum Gasteiger partial charge on any atom is 0.292 e. The molecule has 4 saturated carbocycles. The molecule has 0 spiro atoms. The zero-order valence-corrected chi connectivity index (χ0v) is 14.6. The molecule has 5 nitrogen and oxygen atoms in total. The Labute approximate surface area is 143 Å². The van der Waals surface area contributed by atoms with Gasteiger partial charge in [-0.1, -0.05) is 6.92 Å². The number of rotatable bonds is 5. The lowest BCUT2D eigenvalue weighted by molar-refractivity contribution is -0.122. The summed E-state index contributed by atoms with van der Waals surface area (Å²) in [4.78, 5) is 24.9. The van der Waals surface area contributed by atoms with Crippen LogP contribution >= 0.6 is 0 Å². The number of amides is 1. The number of hydrogen-bond acceptors (Lipinski definition) is 3. The minimum atomic E-state index is -0.467. The van der Waals surface area contributed by atoms with Crippen LogP contribution in [0.1, 0.15) is 62.2 Å². The molecule has 1 unspecified atom stereocenters. The van der Waals surface area contributed by atoms with E-state index in [1.165, 1.54) is 44.7 Å². The SMILES string of the molecule is CCC(NC(=O)C(=O)c1cnn(C)c1)C12CC3CC(CC(C3)C1)C2. The van der Waals surface area contributed by atoms with Gasteiger partial charge in [-0.2, -0.15) is 5.10 Å². The standard InChI is InChI=1S/C19H27N3O2/c1-3-16(21-18(24)17(23)15-10-20-22(2)11-15)19-7-12-4-13(8-19)6-14(5-12)9-19/h10-14,16H,3-9H2,1-2H3,(H,21,24). The summed E-state index contributed by atoms with van der Waals surface area (Å²) in [5.74, 6) is 1.60. The largest absolute Gasteiger partial charge is 0.346 e. The van der Waals surface area contributed by atoms with E-state index in [9.17, 15) is 9.59 Å². The van der Waals surface area contributed by atoms with Gasteiger partial charge in [0.2, 0.25) is 0 Å². The molecule has 1 N–H and O–H groups in total. The van der Waals surface area contributed by atoms with E-state index in [2.05, 4.69) is 17.3 Å². The molecule has 1 aromatic rings. The molecule has 1 atom stereocenters. The maximum absolute atomic E-state index is 12.5. The smallest absolute Gasteiger partial charge is 0.292 e. The van der Waals surface area contributed by atoms with Gasteiger partial charge in [-0.3, -0.25) is 14.3 Å². The zero-order valence-electron chi connectivity index (χ0n) is 14.6. The first kappa shape index (κ1) is 15.9. The lowest BCUT2D eigenvalue weighted by Crippen LogP contribution is -2.57. The summed E-state index contributed by atoms with van der Waals surface area (Å²) in [6.45, 7) is 2.14. The molecule has 1 heterocycles. The first-order chi connectivity index (χ1) is 11.5. The van der Waals surface area contributed by atoms with E-state index >= 15 is 0 Å². The van der Waals surface area contributed by atoms with Gasteiger partial charge >= 0.3 is 0 Å². The van der Waals surface area contributed by atoms with Crippen molar-refractivity contribution in [3.63, 3.8) is 0 Å². The molecule has 1 aromatic heterocycles. The van der Waals surface area contributed by atoms with Crippen molar-refractivity contribution in [2.45, 2.75) is 57.9 Å². The predicted octanol–water partition coefficient (Wildman–Crippen LogP) is 2.71. The maximum atomic E-state index is 12.5. The second-order valence-corrected chi connectivity index (χ2v) is 8.45. The third kappa shape index (κ3) is 2.58. The Kier molecular flexibility index (Phi) is 3.77. The highest BCUT2D eigenvalue weighted by atomic mass is 16.2. The van der Waals surface area contributed by atoms with Crippen LogP contribution in [0.3, 0.4) is 0 Å². The summed E-state index contributed by atoms with van der Waals surface area (Å²) in [5, 5.41) is 7.10. The van der Waals surface area contributed by atoms with Gasteiger partial charge in [-0.15, -0.1) is 0 Å². The van der Waals surface area contributed by atoms with Gasteiger partial charge in [0.05, 0.1) is 11.8 Å². The zero-order chi connectivity index (χ0) is 16.9. The van der Waals surface area contributed by atoms with E-state index in [0.717, 1.165) is 24.2 Å². The summed E-state index contributed by atoms with van der Waals surface area (Å²) < 4.78 is 1.55. The third-order valence-corrected chi connectivity index (χ3v) is 6.71. The Morgan fingerprint density at radius 2 is 1.83 bits per heavy atom. The van der Waals surface area contributed by atoms with Crippen LogP contribution in [0.4, 0.5) is 0 Å². The quantitative estimate of drug-likeness (QED) is 0.667. The Morgan fingerprint density at radius 3 is 2.29 bits per heavy atom. The normalized spacial score (nSPS) is 35.0. The van der Waals surface area contributed by atoms with E-state index in [1.807, 2.05) is 0 Å². The van der Waals surface area contributed by atoms with Crippen LogP contribution in [0.15, 0.2) is 12.4 Å². The van der Waals surface area contributed by atoms with Crippen LogP contribution in [-0.4, -0.2) is 27.5 Å². The molecule has 4 bridgehead atoms. The highest BCUT2D eigenvalue weighted by Crippen LogP contribution is 2.61. The summed E-state index contributed by atoms with van der Waals surface area (Å²) in [5.41, 5.74) is 0.601. The van der Waals surface area contributed by atoms with Crippen molar-refractivity contribution in [2.24, 2.45) is 30.2 Å². The van der Waals surface area contributed by atoms with Crippen molar-refractivity contribution in [1.29, 1.82) is 0 Å². The molecule has 0 aromatic carbocycles. The topological polar surface area (TPSA) is 64.0 Å². The number of carbonyl (C=O) groups excluding carboxylic acids is 2. The summed E-state index contributed by atoms with van der Waals surface area (Å²) in [6.07, 6.45) is 11.8. The molecule has 0 saturated heterocycles. The molecule has 130 valence electrons. The fraction of sp³-hybridized carbons (Fsp3) is 0.737. The lowest BCUT2D eigenvalue weighted by Gasteiger charge is -2.59. The van der Waals surface area contributed by atoms with Crippen molar-refractivity contribution in [3.05, 3.63) is 18.0 Å². The minimum absolute atomic E-state index is 0.124. The van der Waals surface area contributed by atoms with Crippen molar-refractivity contribution < 1.29 is 9.59 Å². The number of nitrogens with one attached hydrogen (secondary N) is 1. The molecule has 4 aliphatic rings. The Hall–Kier alpha value is -1.65. The molecule has 5 heteroatoms. The van der Waals surface area contributed by atoms with E-state index < -0.39 is 11.7 Å². The highest BCUT2D eigenvalue weighted by molar-refractivity contribution is 6.42. The molecule has 0 aliphatic heterocycles. The Bertz CT molecular complexity index is 628. The van der Waals surface area contributed by atoms with Crippen LogP contribution in [0.5, 0.6) is 0 Å². The van der Waals surface area contributed by atoms with Gasteiger partial charge in [-0.25, -0.2) is 0 Å². The lowest BCUT2D eigenvalue weighted by atomic mass is 9.47. The van der Waals surface area contributed by atoms with E-state index in [0.29, 0.717) is 5.56 Å². The number of ketones is 1. The number of aryl methyl sites for hydroxylation is 1. The number of aromatic nitrogens is 2. The first-order valence-electron chi connectivity index (χ1n) is 9.33. The van der Waals surface area contributed by atoms with Crippen LogP contribution < -0.4 is 5.32 Å². The molecular formula is C19H27N3O2. The van der Waals surface area contributed by atoms with Crippen LogP contribution in [0, 0.1) is 23.2 Å². The van der Waals surface area contributed by atoms with E-state index in [4.69, 9.17) is 0 Å². The van der Waals surface area contributed by atoms with E-state index in [1.54, 1.807) is 17.9 Å². The summed E-state index contributed by atoms with van der Waals surface area (Å²) in [6, 6.07) is 0.124. The van der Waals surface area contributed by atoms with Crippen LogP contribution in [0.2, 0.25) is 0 Å². The van der Waals surface area contributed by atoms with Crippen LogP contribution in [-0.2, 0) is 11.8 Å². The fourth-order valence-electron chi connectivity index (χ4n) is 6.19. The molecular weight excluding hydrogens is 302 g/mol. The highest BCUT2D eigenvalue weighted by Gasteiger charge is 2.54. The Morgan fingerprint density at radius 1 is 1.25 bits per heavy atom. The molecule has 1 amide bonds. The van der Waals surface area contributed by atoms with E-state index in [-0.39, 0.29) is 11.5 Å². The summed E-state index contributed by atoms with van der Waals surface area (Å²) in [7, 11) is 1.75. The third-order valence-electron chi connectivity index (χ3n) is 6.71. The first-order valence-corrected chi connectivity index (χ1v) is 9.33. The Balaban J connectivity index is 1.50. The molecule has 4 aliphatic carbocycles. The van der Waals surface area contributed by atoms with Gasteiger partial charge in [0.15, 0.2) is 0 Å². The average Bonchev–Trinajstić information content (AvgIpc) is 2.96.